The van der Waals surface area contributed by atoms with E-state index in [1.807, 2.05) is 30.3 Å². The maximum atomic E-state index is 12.4. The highest BCUT2D eigenvalue weighted by molar-refractivity contribution is 5.78. The molecule has 5 nitrogen and oxygen atoms in total. The van der Waals surface area contributed by atoms with Crippen molar-refractivity contribution >= 4 is 22.8 Å². The third-order valence-corrected chi connectivity index (χ3v) is 6.21. The van der Waals surface area contributed by atoms with Crippen LogP contribution in [0.25, 0.3) is 11.0 Å². The van der Waals surface area contributed by atoms with Gasteiger partial charge in [0.05, 0.1) is 5.92 Å². The second kappa shape index (κ2) is 8.80. The number of fused-ring (bicyclic) bond motifs is 1. The number of rotatable bonds is 6. The second-order valence-corrected chi connectivity index (χ2v) is 8.33. The van der Waals surface area contributed by atoms with E-state index in [-0.39, 0.29) is 30.4 Å². The van der Waals surface area contributed by atoms with Gasteiger partial charge >= 0.3 is 5.97 Å². The first-order chi connectivity index (χ1) is 13.7. The number of esters is 1. The van der Waals surface area contributed by atoms with Crippen molar-refractivity contribution in [2.45, 2.75) is 70.4 Å². The van der Waals surface area contributed by atoms with E-state index in [0.29, 0.717) is 18.1 Å². The lowest BCUT2D eigenvalue weighted by molar-refractivity contribution is -0.151. The molecule has 0 aliphatic heterocycles. The SMILES string of the molecule is O=C(CC1CCCC1)NC1CCC(C(=O)OCc2cc3ccccc3o2)CC1. The van der Waals surface area contributed by atoms with Crippen LogP contribution in [-0.4, -0.2) is 17.9 Å². The number of hydrogen-bond acceptors (Lipinski definition) is 4. The van der Waals surface area contributed by atoms with E-state index < -0.39 is 0 Å². The van der Waals surface area contributed by atoms with Crippen LogP contribution >= 0.6 is 0 Å². The Hall–Kier alpha value is -2.30. The zero-order valence-corrected chi connectivity index (χ0v) is 16.3. The molecular weight excluding hydrogens is 354 g/mol. The standard InChI is InChI=1S/C23H29NO4/c25-22(13-16-5-1-2-6-16)24-19-11-9-17(10-12-19)23(26)27-15-20-14-18-7-3-4-8-21(18)28-20/h3-4,7-8,14,16-17,19H,1-2,5-6,9-13,15H2,(H,24,25). The number of ether oxygens (including phenoxy) is 1. The summed E-state index contributed by atoms with van der Waals surface area (Å²) < 4.78 is 11.2. The average Bonchev–Trinajstić information content (AvgIpc) is 3.35. The zero-order valence-electron chi connectivity index (χ0n) is 16.3. The Morgan fingerprint density at radius 3 is 2.54 bits per heavy atom. The Morgan fingerprint density at radius 2 is 1.79 bits per heavy atom. The van der Waals surface area contributed by atoms with Gasteiger partial charge in [-0.1, -0.05) is 31.0 Å². The summed E-state index contributed by atoms with van der Waals surface area (Å²) >= 11 is 0. The van der Waals surface area contributed by atoms with Gasteiger partial charge in [0.1, 0.15) is 18.0 Å². The smallest absolute Gasteiger partial charge is 0.309 e. The molecule has 1 aromatic heterocycles. The fourth-order valence-electron chi connectivity index (χ4n) is 4.60. The van der Waals surface area contributed by atoms with Gasteiger partial charge in [0.2, 0.25) is 5.91 Å². The van der Waals surface area contributed by atoms with Crippen LogP contribution < -0.4 is 5.32 Å². The summed E-state index contributed by atoms with van der Waals surface area (Å²) in [5, 5.41) is 4.19. The number of nitrogens with one attached hydrogen (secondary N) is 1. The Labute approximate surface area is 165 Å². The molecule has 2 aliphatic rings. The lowest BCUT2D eigenvalue weighted by Crippen LogP contribution is -2.39. The minimum Gasteiger partial charge on any atom is -0.457 e. The Balaban J connectivity index is 1.18. The van der Waals surface area contributed by atoms with Gasteiger partial charge in [0.15, 0.2) is 0 Å². The molecule has 1 amide bonds. The molecule has 0 spiro atoms. The van der Waals surface area contributed by atoms with Crippen molar-refractivity contribution in [2.75, 3.05) is 0 Å². The maximum absolute atomic E-state index is 12.4. The summed E-state index contributed by atoms with van der Waals surface area (Å²) in [5.74, 6) is 1.19. The van der Waals surface area contributed by atoms with Gasteiger partial charge in [0, 0.05) is 17.8 Å². The van der Waals surface area contributed by atoms with Crippen molar-refractivity contribution in [1.29, 1.82) is 0 Å². The Kier molecular flexibility index (Phi) is 5.98. The van der Waals surface area contributed by atoms with E-state index in [1.54, 1.807) is 0 Å². The van der Waals surface area contributed by atoms with E-state index in [9.17, 15) is 9.59 Å². The molecule has 5 heteroatoms. The number of carbonyl (C=O) groups is 2. The molecule has 2 saturated carbocycles. The quantitative estimate of drug-likeness (QED) is 0.732. The molecule has 28 heavy (non-hydrogen) atoms. The summed E-state index contributed by atoms with van der Waals surface area (Å²) in [6.45, 7) is 0.172. The Bertz CT molecular complexity index is 780. The first kappa shape index (κ1) is 19.0. The van der Waals surface area contributed by atoms with Crippen LogP contribution in [0, 0.1) is 11.8 Å². The maximum Gasteiger partial charge on any atom is 0.309 e. The van der Waals surface area contributed by atoms with Crippen LogP contribution in [0.3, 0.4) is 0 Å². The van der Waals surface area contributed by atoms with Gasteiger partial charge in [-0.05, 0) is 56.6 Å². The van der Waals surface area contributed by atoms with Crippen LogP contribution in [0.15, 0.2) is 34.7 Å². The number of para-hydroxylation sites is 1. The summed E-state index contributed by atoms with van der Waals surface area (Å²) in [7, 11) is 0. The van der Waals surface area contributed by atoms with Gasteiger partial charge in [-0.3, -0.25) is 9.59 Å². The number of carbonyl (C=O) groups excluding carboxylic acids is 2. The average molecular weight is 383 g/mol. The van der Waals surface area contributed by atoms with Crippen LogP contribution in [0.5, 0.6) is 0 Å². The fraction of sp³-hybridized carbons (Fsp3) is 0.565. The fourth-order valence-corrected chi connectivity index (χ4v) is 4.60. The minimum absolute atomic E-state index is 0.0765. The van der Waals surface area contributed by atoms with E-state index in [1.165, 1.54) is 25.7 Å². The molecule has 0 radical (unpaired) electrons. The van der Waals surface area contributed by atoms with E-state index >= 15 is 0 Å². The van der Waals surface area contributed by atoms with Crippen molar-refractivity contribution in [3.8, 4) is 0 Å². The molecule has 0 atom stereocenters. The zero-order chi connectivity index (χ0) is 19.3. The largest absolute Gasteiger partial charge is 0.457 e. The van der Waals surface area contributed by atoms with Crippen molar-refractivity contribution in [1.82, 2.24) is 5.32 Å². The summed E-state index contributed by atoms with van der Waals surface area (Å²) in [6.07, 6.45) is 8.81. The molecule has 1 N–H and O–H groups in total. The first-order valence-electron chi connectivity index (χ1n) is 10.6. The first-order valence-corrected chi connectivity index (χ1v) is 10.6. The van der Waals surface area contributed by atoms with Crippen LogP contribution in [-0.2, 0) is 20.9 Å². The highest BCUT2D eigenvalue weighted by atomic mass is 16.5. The van der Waals surface area contributed by atoms with Crippen LogP contribution in [0.4, 0.5) is 0 Å². The molecule has 1 heterocycles. The highest BCUT2D eigenvalue weighted by Crippen LogP contribution is 2.29. The lowest BCUT2D eigenvalue weighted by Gasteiger charge is -2.28. The van der Waals surface area contributed by atoms with Crippen molar-refractivity contribution in [2.24, 2.45) is 11.8 Å². The monoisotopic (exact) mass is 383 g/mol. The molecular formula is C23H29NO4. The normalized spacial score (nSPS) is 23.0. The molecule has 0 bridgehead atoms. The van der Waals surface area contributed by atoms with E-state index in [4.69, 9.17) is 9.15 Å². The number of furan rings is 1. The minimum atomic E-state index is -0.156. The summed E-state index contributed by atoms with van der Waals surface area (Å²) in [4.78, 5) is 24.6. The molecule has 1 aromatic carbocycles. The number of benzene rings is 1. The molecule has 4 rings (SSSR count). The third kappa shape index (κ3) is 4.75. The van der Waals surface area contributed by atoms with Crippen molar-refractivity contribution in [3.63, 3.8) is 0 Å². The van der Waals surface area contributed by atoms with E-state index in [0.717, 1.165) is 36.7 Å². The molecule has 2 aromatic rings. The lowest BCUT2D eigenvalue weighted by atomic mass is 9.86. The van der Waals surface area contributed by atoms with Gasteiger partial charge in [-0.25, -0.2) is 0 Å². The van der Waals surface area contributed by atoms with Crippen LogP contribution in [0.2, 0.25) is 0 Å². The molecule has 2 aliphatic carbocycles. The van der Waals surface area contributed by atoms with Crippen LogP contribution in [0.1, 0.15) is 63.5 Å². The molecule has 0 unspecified atom stereocenters. The third-order valence-electron chi connectivity index (χ3n) is 6.21. The van der Waals surface area contributed by atoms with Crippen molar-refractivity contribution < 1.29 is 18.7 Å². The summed E-state index contributed by atoms with van der Waals surface area (Å²) in [5.41, 5.74) is 0.808. The Morgan fingerprint density at radius 1 is 1.04 bits per heavy atom. The van der Waals surface area contributed by atoms with Gasteiger partial charge < -0.3 is 14.5 Å². The van der Waals surface area contributed by atoms with Crippen molar-refractivity contribution in [3.05, 3.63) is 36.1 Å². The van der Waals surface area contributed by atoms with E-state index in [2.05, 4.69) is 5.32 Å². The van der Waals surface area contributed by atoms with Gasteiger partial charge in [-0.2, -0.15) is 0 Å². The molecule has 0 saturated heterocycles. The highest BCUT2D eigenvalue weighted by Gasteiger charge is 2.29. The number of amides is 1. The second-order valence-electron chi connectivity index (χ2n) is 8.33. The summed E-state index contributed by atoms with van der Waals surface area (Å²) in [6, 6.07) is 9.88. The van der Waals surface area contributed by atoms with Gasteiger partial charge in [0.25, 0.3) is 0 Å². The number of hydrogen-bond donors (Lipinski definition) is 1. The van der Waals surface area contributed by atoms with Gasteiger partial charge in [-0.15, -0.1) is 0 Å². The molecule has 150 valence electrons. The predicted octanol–water partition coefficient (Wildman–Crippen LogP) is 4.73. The molecule has 2 fully saturated rings. The topological polar surface area (TPSA) is 68.5 Å². The predicted molar refractivity (Wildman–Crippen MR) is 106 cm³/mol.